The maximum atomic E-state index is 11.2. The van der Waals surface area contributed by atoms with E-state index in [1.165, 1.54) is 0 Å². The van der Waals surface area contributed by atoms with Gasteiger partial charge in [0.25, 0.3) is 0 Å². The minimum atomic E-state index is -0.791. The van der Waals surface area contributed by atoms with Crippen molar-refractivity contribution >= 4 is 5.97 Å². The van der Waals surface area contributed by atoms with E-state index >= 15 is 0 Å². The van der Waals surface area contributed by atoms with Gasteiger partial charge >= 0.3 is 5.97 Å². The first kappa shape index (κ1) is 12.1. The zero-order valence-corrected chi connectivity index (χ0v) is 10.3. The zero-order chi connectivity index (χ0) is 12.4. The molecular weight excluding hydrogens is 218 g/mol. The second kappa shape index (κ2) is 4.87. The van der Waals surface area contributed by atoms with Gasteiger partial charge in [0.2, 0.25) is 0 Å². The molecule has 0 radical (unpaired) electrons. The Labute approximate surface area is 101 Å². The topological polar surface area (TPSA) is 67.2 Å². The van der Waals surface area contributed by atoms with E-state index in [1.807, 2.05) is 10.8 Å². The molecule has 2 rings (SSSR count). The number of aliphatic carboxylic acids is 1. The Kier molecular flexibility index (Phi) is 3.47. The fourth-order valence-electron chi connectivity index (χ4n) is 1.91. The molecule has 17 heavy (non-hydrogen) atoms. The van der Waals surface area contributed by atoms with Gasteiger partial charge in [-0.25, -0.2) is 4.98 Å². The minimum absolute atomic E-state index is 0.306. The number of rotatable bonds is 6. The number of nitrogens with zero attached hydrogens (tertiary/aromatic N) is 2. The van der Waals surface area contributed by atoms with Crippen molar-refractivity contribution in [1.82, 2.24) is 14.9 Å². The molecule has 0 bridgehead atoms. The molecule has 1 aromatic rings. The predicted molar refractivity (Wildman–Crippen MR) is 63.9 cm³/mol. The number of carbonyl (C=O) groups is 1. The summed E-state index contributed by atoms with van der Waals surface area (Å²) in [5, 5.41) is 12.3. The molecule has 1 saturated carbocycles. The minimum Gasteiger partial charge on any atom is -0.480 e. The molecule has 1 aliphatic rings. The standard InChI is InChI=1S/C12H19N3O2/c1-8(2)11-13-5-6-15(11)7-10(12(16)17)14-9-3-4-9/h5-6,8-10,14H,3-4,7H2,1-2H3,(H,16,17). The Hall–Kier alpha value is -1.36. The molecule has 5 nitrogen and oxygen atoms in total. The van der Waals surface area contributed by atoms with E-state index in [0.717, 1.165) is 18.7 Å². The number of aromatic nitrogens is 2. The fourth-order valence-corrected chi connectivity index (χ4v) is 1.91. The molecule has 0 amide bonds. The summed E-state index contributed by atoms with van der Waals surface area (Å²) in [4.78, 5) is 15.4. The quantitative estimate of drug-likeness (QED) is 0.780. The van der Waals surface area contributed by atoms with Crippen LogP contribution in [0.2, 0.25) is 0 Å². The van der Waals surface area contributed by atoms with Gasteiger partial charge in [0.05, 0.1) is 0 Å². The van der Waals surface area contributed by atoms with Crippen molar-refractivity contribution in [2.24, 2.45) is 0 Å². The van der Waals surface area contributed by atoms with Gasteiger partial charge in [-0.1, -0.05) is 13.8 Å². The van der Waals surface area contributed by atoms with E-state index in [2.05, 4.69) is 24.1 Å². The molecule has 1 aromatic heterocycles. The third-order valence-electron chi connectivity index (χ3n) is 2.96. The zero-order valence-electron chi connectivity index (χ0n) is 10.3. The molecule has 1 heterocycles. The SMILES string of the molecule is CC(C)c1nccn1CC(NC1CC1)C(=O)O. The molecule has 1 fully saturated rings. The summed E-state index contributed by atoms with van der Waals surface area (Å²) in [5.74, 6) is 0.453. The van der Waals surface area contributed by atoms with Crippen molar-refractivity contribution in [1.29, 1.82) is 0 Å². The lowest BCUT2D eigenvalue weighted by atomic mass is 10.2. The molecule has 0 spiro atoms. The van der Waals surface area contributed by atoms with Gasteiger partial charge in [0.1, 0.15) is 11.9 Å². The van der Waals surface area contributed by atoms with Gasteiger partial charge in [-0.15, -0.1) is 0 Å². The monoisotopic (exact) mass is 237 g/mol. The maximum absolute atomic E-state index is 11.2. The first-order chi connectivity index (χ1) is 8.08. The highest BCUT2D eigenvalue weighted by Gasteiger charge is 2.28. The van der Waals surface area contributed by atoms with Gasteiger partial charge in [-0.05, 0) is 12.8 Å². The van der Waals surface area contributed by atoms with Crippen LogP contribution in [0.25, 0.3) is 0 Å². The van der Waals surface area contributed by atoms with Crippen molar-refractivity contribution in [3.8, 4) is 0 Å². The molecule has 1 atom stereocenters. The molecular formula is C12H19N3O2. The Bertz CT molecular complexity index is 396. The van der Waals surface area contributed by atoms with Gasteiger partial charge in [0.15, 0.2) is 0 Å². The third-order valence-corrected chi connectivity index (χ3v) is 2.96. The smallest absolute Gasteiger partial charge is 0.322 e. The van der Waals surface area contributed by atoms with Crippen molar-refractivity contribution in [2.75, 3.05) is 0 Å². The number of carboxylic acids is 1. The largest absolute Gasteiger partial charge is 0.480 e. The van der Waals surface area contributed by atoms with Crippen LogP contribution in [0.4, 0.5) is 0 Å². The van der Waals surface area contributed by atoms with Crippen LogP contribution in [-0.2, 0) is 11.3 Å². The van der Waals surface area contributed by atoms with Crippen molar-refractivity contribution in [3.05, 3.63) is 18.2 Å². The Morgan fingerprint density at radius 2 is 2.35 bits per heavy atom. The summed E-state index contributed by atoms with van der Waals surface area (Å²) in [6.45, 7) is 4.56. The number of imidazole rings is 1. The van der Waals surface area contributed by atoms with Crippen LogP contribution < -0.4 is 5.32 Å². The highest BCUT2D eigenvalue weighted by atomic mass is 16.4. The van der Waals surface area contributed by atoms with Crippen LogP contribution in [0.5, 0.6) is 0 Å². The number of hydrogen-bond donors (Lipinski definition) is 2. The average molecular weight is 237 g/mol. The summed E-state index contributed by atoms with van der Waals surface area (Å²) < 4.78 is 1.93. The summed E-state index contributed by atoms with van der Waals surface area (Å²) >= 11 is 0. The number of hydrogen-bond acceptors (Lipinski definition) is 3. The van der Waals surface area contributed by atoms with Gasteiger partial charge in [-0.2, -0.15) is 0 Å². The lowest BCUT2D eigenvalue weighted by Gasteiger charge is -2.17. The van der Waals surface area contributed by atoms with E-state index in [-0.39, 0.29) is 0 Å². The van der Waals surface area contributed by atoms with Gasteiger partial charge in [0, 0.05) is 30.9 Å². The molecule has 1 unspecified atom stereocenters. The van der Waals surface area contributed by atoms with Crippen LogP contribution in [0.3, 0.4) is 0 Å². The number of carboxylic acid groups (broad SMARTS) is 1. The molecule has 1 aliphatic carbocycles. The van der Waals surface area contributed by atoms with Crippen LogP contribution in [0, 0.1) is 0 Å². The predicted octanol–water partition coefficient (Wildman–Crippen LogP) is 1.21. The summed E-state index contributed by atoms with van der Waals surface area (Å²) in [6, 6.07) is -0.128. The first-order valence-corrected chi connectivity index (χ1v) is 6.08. The highest BCUT2D eigenvalue weighted by molar-refractivity contribution is 5.73. The molecule has 0 aliphatic heterocycles. The summed E-state index contributed by atoms with van der Waals surface area (Å²) in [7, 11) is 0. The second-order valence-corrected chi connectivity index (χ2v) is 4.92. The van der Waals surface area contributed by atoms with Crippen molar-refractivity contribution in [2.45, 2.75) is 51.2 Å². The number of nitrogens with one attached hydrogen (secondary N) is 1. The molecule has 0 saturated heterocycles. The molecule has 0 aromatic carbocycles. The van der Waals surface area contributed by atoms with Gasteiger partial charge < -0.3 is 15.0 Å². The lowest BCUT2D eigenvalue weighted by Crippen LogP contribution is -2.41. The molecule has 94 valence electrons. The highest BCUT2D eigenvalue weighted by Crippen LogP contribution is 2.20. The van der Waals surface area contributed by atoms with E-state index in [1.54, 1.807) is 6.20 Å². The van der Waals surface area contributed by atoms with E-state index in [0.29, 0.717) is 18.5 Å². The van der Waals surface area contributed by atoms with Crippen LogP contribution in [-0.4, -0.2) is 32.7 Å². The van der Waals surface area contributed by atoms with Crippen LogP contribution >= 0.6 is 0 Å². The molecule has 5 heteroatoms. The van der Waals surface area contributed by atoms with Crippen molar-refractivity contribution < 1.29 is 9.90 Å². The van der Waals surface area contributed by atoms with Crippen molar-refractivity contribution in [3.63, 3.8) is 0 Å². The van der Waals surface area contributed by atoms with E-state index in [9.17, 15) is 9.90 Å². The van der Waals surface area contributed by atoms with Gasteiger partial charge in [-0.3, -0.25) is 4.79 Å². The maximum Gasteiger partial charge on any atom is 0.322 e. The lowest BCUT2D eigenvalue weighted by molar-refractivity contribution is -0.139. The van der Waals surface area contributed by atoms with E-state index in [4.69, 9.17) is 0 Å². The van der Waals surface area contributed by atoms with Crippen LogP contribution in [0.15, 0.2) is 12.4 Å². The van der Waals surface area contributed by atoms with E-state index < -0.39 is 12.0 Å². The van der Waals surface area contributed by atoms with Crippen LogP contribution in [0.1, 0.15) is 38.4 Å². The first-order valence-electron chi connectivity index (χ1n) is 6.08. The summed E-state index contributed by atoms with van der Waals surface area (Å²) in [6.07, 6.45) is 5.75. The Morgan fingerprint density at radius 3 is 2.88 bits per heavy atom. The average Bonchev–Trinajstić information content (AvgIpc) is 2.93. The third kappa shape index (κ3) is 3.06. The Morgan fingerprint density at radius 1 is 1.65 bits per heavy atom. The second-order valence-electron chi connectivity index (χ2n) is 4.92. The fraction of sp³-hybridized carbons (Fsp3) is 0.667. The Balaban J connectivity index is 2.05. The molecule has 2 N–H and O–H groups in total. The summed E-state index contributed by atoms with van der Waals surface area (Å²) in [5.41, 5.74) is 0. The normalized spacial score (nSPS) is 17.4.